The summed E-state index contributed by atoms with van der Waals surface area (Å²) in [4.78, 5) is 81.4. The zero-order valence-corrected chi connectivity index (χ0v) is 31.1. The van der Waals surface area contributed by atoms with Crippen molar-refractivity contribution in [3.05, 3.63) is 68.9 Å². The summed E-state index contributed by atoms with van der Waals surface area (Å²) in [6.45, 7) is 15.5. The lowest BCUT2D eigenvalue weighted by atomic mass is 9.80. The third-order valence-corrected chi connectivity index (χ3v) is 8.41. The van der Waals surface area contributed by atoms with Crippen LogP contribution in [0.3, 0.4) is 0 Å². The van der Waals surface area contributed by atoms with E-state index in [4.69, 9.17) is 4.74 Å². The van der Waals surface area contributed by atoms with Gasteiger partial charge in [-0.1, -0.05) is 20.8 Å². The van der Waals surface area contributed by atoms with Crippen LogP contribution in [-0.4, -0.2) is 79.6 Å². The number of nitrogens with one attached hydrogen (secondary N) is 6. The van der Waals surface area contributed by atoms with Gasteiger partial charge in [0.2, 0.25) is 17.5 Å². The van der Waals surface area contributed by atoms with Gasteiger partial charge in [0.25, 0.3) is 5.56 Å². The number of H-pyrrole nitrogens is 1. The SMILES string of the molecule is CCN(CCOC(=O)NCCC(C)(C)CC(C)CNC(=O)Nc1nc(C)cc(=O)[nH]1)c1ccc(NC2=C(C)C(=O)C(=O)C(NC(=O)OC)=C2)c(C)c1. The van der Waals surface area contributed by atoms with Crippen LogP contribution < -0.4 is 37.0 Å². The van der Waals surface area contributed by atoms with Gasteiger partial charge in [0.1, 0.15) is 6.61 Å². The Kier molecular flexibility index (Phi) is 14.5. The van der Waals surface area contributed by atoms with Crippen LogP contribution in [0.4, 0.5) is 31.7 Å². The van der Waals surface area contributed by atoms with Crippen LogP contribution in [-0.2, 0) is 19.1 Å². The Bertz CT molecular complexity index is 1780. The molecule has 0 saturated heterocycles. The molecular formula is C36H50N8O8. The van der Waals surface area contributed by atoms with Crippen molar-refractivity contribution in [1.82, 2.24) is 25.9 Å². The number of alkyl carbamates (subject to hydrolysis) is 2. The van der Waals surface area contributed by atoms with Gasteiger partial charge in [-0.3, -0.25) is 30.0 Å². The Labute approximate surface area is 303 Å². The van der Waals surface area contributed by atoms with E-state index >= 15 is 0 Å². The Hall–Kier alpha value is -5.67. The van der Waals surface area contributed by atoms with E-state index in [9.17, 15) is 28.8 Å². The second-order valence-corrected chi connectivity index (χ2v) is 13.4. The predicted octanol–water partition coefficient (Wildman–Crippen LogP) is 4.28. The lowest BCUT2D eigenvalue weighted by Gasteiger charge is -2.28. The number of hydrogen-bond donors (Lipinski definition) is 6. The van der Waals surface area contributed by atoms with Crippen LogP contribution in [0.1, 0.15) is 58.7 Å². The number of amides is 4. The fraction of sp³-hybridized carbons (Fsp3) is 0.472. The van der Waals surface area contributed by atoms with E-state index in [1.54, 1.807) is 6.92 Å². The number of aryl methyl sites for hydroxylation is 2. The van der Waals surface area contributed by atoms with Crippen LogP contribution in [0.25, 0.3) is 0 Å². The monoisotopic (exact) mass is 722 g/mol. The number of ketones is 2. The number of hydrogen-bond acceptors (Lipinski definition) is 11. The summed E-state index contributed by atoms with van der Waals surface area (Å²) >= 11 is 0. The molecule has 0 fully saturated rings. The highest BCUT2D eigenvalue weighted by Gasteiger charge is 2.29. The first kappa shape index (κ1) is 40.8. The standard InChI is InChI=1S/C36H50N8O8/c1-9-44(25-10-11-26(22(3)16-25)40-27-18-28(41-35(50)51-8)31(47)30(46)24(27)5)14-15-52-34(49)37-13-12-36(6,7)19-21(2)20-38-33(48)43-32-39-23(4)17-29(45)42-32/h10-11,16-18,21,40H,9,12-15,19-20H2,1-8H3,(H,37,49)(H,41,50)(H3,38,39,42,43,45,48). The van der Waals surface area contributed by atoms with Crippen LogP contribution in [0.5, 0.6) is 0 Å². The number of urea groups is 1. The summed E-state index contributed by atoms with van der Waals surface area (Å²) < 4.78 is 10.0. The quantitative estimate of drug-likeness (QED) is 0.106. The first-order valence-electron chi connectivity index (χ1n) is 17.0. The van der Waals surface area contributed by atoms with Crippen molar-refractivity contribution in [2.24, 2.45) is 11.3 Å². The van der Waals surface area contributed by atoms with Crippen molar-refractivity contribution in [1.29, 1.82) is 0 Å². The van der Waals surface area contributed by atoms with Gasteiger partial charge in [-0.05, 0) is 81.7 Å². The molecule has 282 valence electrons. The van der Waals surface area contributed by atoms with Gasteiger partial charge in [0, 0.05) is 54.0 Å². The number of carbonyl (C=O) groups is 5. The molecule has 0 saturated carbocycles. The molecule has 1 aromatic carbocycles. The maximum Gasteiger partial charge on any atom is 0.411 e. The van der Waals surface area contributed by atoms with Gasteiger partial charge in [-0.2, -0.15) is 0 Å². The number of ether oxygens (including phenoxy) is 2. The minimum absolute atomic E-state index is 0.0864. The molecule has 1 atom stereocenters. The van der Waals surface area contributed by atoms with Gasteiger partial charge in [-0.15, -0.1) is 0 Å². The topological polar surface area (TPSA) is 213 Å². The number of Topliss-reactive ketones (excluding diaryl/α,β-unsaturated/α-hetero) is 2. The number of nitrogens with zero attached hydrogens (tertiary/aromatic N) is 2. The molecule has 1 aliphatic carbocycles. The van der Waals surface area contributed by atoms with E-state index in [0.717, 1.165) is 24.8 Å². The first-order chi connectivity index (χ1) is 24.5. The maximum atomic E-state index is 12.5. The van der Waals surface area contributed by atoms with Crippen molar-refractivity contribution in [3.63, 3.8) is 0 Å². The normalized spacial score (nSPS) is 13.5. The van der Waals surface area contributed by atoms with Gasteiger partial charge in [0.15, 0.2) is 0 Å². The Morgan fingerprint density at radius 1 is 1.00 bits per heavy atom. The smallest absolute Gasteiger partial charge is 0.411 e. The fourth-order valence-corrected chi connectivity index (χ4v) is 5.69. The average Bonchev–Trinajstić information content (AvgIpc) is 3.06. The highest BCUT2D eigenvalue weighted by molar-refractivity contribution is 6.50. The zero-order chi connectivity index (χ0) is 38.6. The summed E-state index contributed by atoms with van der Waals surface area (Å²) in [5.74, 6) is -1.32. The summed E-state index contributed by atoms with van der Waals surface area (Å²) in [6.07, 6.45) is 1.54. The second kappa shape index (κ2) is 18.5. The number of carbonyl (C=O) groups excluding carboxylic acids is 5. The lowest BCUT2D eigenvalue weighted by Crippen LogP contribution is -2.35. The lowest BCUT2D eigenvalue weighted by molar-refractivity contribution is -0.132. The summed E-state index contributed by atoms with van der Waals surface area (Å²) in [5.41, 5.74) is 2.93. The molecule has 1 aromatic heterocycles. The summed E-state index contributed by atoms with van der Waals surface area (Å²) in [6, 6.07) is 6.59. The number of methoxy groups -OCH3 is 1. The fourth-order valence-electron chi connectivity index (χ4n) is 5.69. The van der Waals surface area contributed by atoms with Crippen molar-refractivity contribution in [2.45, 2.75) is 61.3 Å². The molecule has 52 heavy (non-hydrogen) atoms. The molecule has 16 nitrogen and oxygen atoms in total. The number of aromatic amines is 1. The molecule has 4 amide bonds. The van der Waals surface area contributed by atoms with Crippen molar-refractivity contribution < 1.29 is 33.4 Å². The molecule has 3 rings (SSSR count). The molecule has 0 bridgehead atoms. The van der Waals surface area contributed by atoms with E-state index in [1.807, 2.05) is 39.0 Å². The Morgan fingerprint density at radius 3 is 2.38 bits per heavy atom. The second-order valence-electron chi connectivity index (χ2n) is 13.4. The molecule has 0 radical (unpaired) electrons. The van der Waals surface area contributed by atoms with E-state index in [0.29, 0.717) is 49.7 Å². The number of benzene rings is 1. The van der Waals surface area contributed by atoms with Crippen LogP contribution >= 0.6 is 0 Å². The number of rotatable bonds is 16. The highest BCUT2D eigenvalue weighted by atomic mass is 16.5. The number of allylic oxidation sites excluding steroid dienone is 3. The number of likely N-dealkylation sites (N-methyl/N-ethyl adjacent to an activating group) is 1. The minimum Gasteiger partial charge on any atom is -0.453 e. The van der Waals surface area contributed by atoms with Gasteiger partial charge < -0.3 is 30.3 Å². The van der Waals surface area contributed by atoms with Gasteiger partial charge in [0.05, 0.1) is 19.4 Å². The third kappa shape index (κ3) is 12.3. The minimum atomic E-state index is -0.855. The molecule has 0 aliphatic heterocycles. The van der Waals surface area contributed by atoms with Crippen LogP contribution in [0.15, 0.2) is 52.1 Å². The molecule has 16 heteroatoms. The molecule has 1 heterocycles. The molecule has 6 N–H and O–H groups in total. The highest BCUT2D eigenvalue weighted by Crippen LogP contribution is 2.29. The largest absolute Gasteiger partial charge is 0.453 e. The first-order valence-corrected chi connectivity index (χ1v) is 17.0. The van der Waals surface area contributed by atoms with Crippen molar-refractivity contribution >= 4 is 47.1 Å². The van der Waals surface area contributed by atoms with Gasteiger partial charge in [-0.25, -0.2) is 19.4 Å². The van der Waals surface area contributed by atoms with E-state index in [1.165, 1.54) is 19.1 Å². The number of aromatic nitrogens is 2. The molecule has 2 aromatic rings. The van der Waals surface area contributed by atoms with Gasteiger partial charge >= 0.3 is 18.2 Å². The molecule has 1 aliphatic rings. The van der Waals surface area contributed by atoms with Crippen molar-refractivity contribution in [3.8, 4) is 0 Å². The summed E-state index contributed by atoms with van der Waals surface area (Å²) in [5, 5.41) is 13.6. The summed E-state index contributed by atoms with van der Waals surface area (Å²) in [7, 11) is 1.16. The average molecular weight is 723 g/mol. The Morgan fingerprint density at radius 2 is 1.73 bits per heavy atom. The van der Waals surface area contributed by atoms with E-state index in [-0.39, 0.29) is 40.7 Å². The van der Waals surface area contributed by atoms with Crippen LogP contribution in [0.2, 0.25) is 0 Å². The predicted molar refractivity (Wildman–Crippen MR) is 197 cm³/mol. The molecule has 1 unspecified atom stereocenters. The third-order valence-electron chi connectivity index (χ3n) is 8.41. The molecular weight excluding hydrogens is 672 g/mol. The van der Waals surface area contributed by atoms with E-state index in [2.05, 4.69) is 60.0 Å². The van der Waals surface area contributed by atoms with Crippen molar-refractivity contribution in [2.75, 3.05) is 55.4 Å². The number of anilines is 3. The van der Waals surface area contributed by atoms with Crippen LogP contribution in [0, 0.1) is 25.2 Å². The molecule has 0 spiro atoms. The Balaban J connectivity index is 1.42. The zero-order valence-electron chi connectivity index (χ0n) is 31.1. The van der Waals surface area contributed by atoms with E-state index < -0.39 is 29.8 Å². The maximum absolute atomic E-state index is 12.5.